The highest BCUT2D eigenvalue weighted by Crippen LogP contribution is 2.24. The van der Waals surface area contributed by atoms with E-state index in [1.807, 2.05) is 0 Å². The van der Waals surface area contributed by atoms with E-state index in [1.54, 1.807) is 42.7 Å². The lowest BCUT2D eigenvalue weighted by molar-refractivity contribution is 0.0886. The third kappa shape index (κ3) is 4.95. The second-order valence-corrected chi connectivity index (χ2v) is 7.62. The highest BCUT2D eigenvalue weighted by Gasteiger charge is 2.24. The number of rotatable bonds is 5. The molecule has 1 aliphatic carbocycles. The Labute approximate surface area is 173 Å². The number of carbonyl (C=O) groups excluding carboxylic acids is 1. The van der Waals surface area contributed by atoms with E-state index in [4.69, 9.17) is 16.3 Å². The average molecular weight is 414 g/mol. The Hall–Kier alpha value is -2.86. The van der Waals surface area contributed by atoms with Crippen LogP contribution in [0.4, 0.5) is 4.39 Å². The SMILES string of the molecule is O=C(NC1CCC(Oc2ccc(Cl)cn2)CC1)c1cc(-c2ccc(F)cc2)c[nH]1. The molecule has 0 unspecified atom stereocenters. The summed E-state index contributed by atoms with van der Waals surface area (Å²) in [5.74, 6) is 0.150. The minimum absolute atomic E-state index is 0.0902. The first-order valence-electron chi connectivity index (χ1n) is 9.60. The number of nitrogens with one attached hydrogen (secondary N) is 2. The zero-order chi connectivity index (χ0) is 20.2. The van der Waals surface area contributed by atoms with Crippen LogP contribution < -0.4 is 10.1 Å². The number of ether oxygens (including phenoxy) is 1. The Morgan fingerprint density at radius 1 is 1.10 bits per heavy atom. The van der Waals surface area contributed by atoms with E-state index in [1.165, 1.54) is 12.1 Å². The second kappa shape index (κ2) is 8.66. The molecule has 4 rings (SSSR count). The molecule has 150 valence electrons. The highest BCUT2D eigenvalue weighted by molar-refractivity contribution is 6.30. The molecule has 0 atom stereocenters. The van der Waals surface area contributed by atoms with Gasteiger partial charge < -0.3 is 15.0 Å². The number of H-pyrrole nitrogens is 1. The van der Waals surface area contributed by atoms with Gasteiger partial charge in [-0.3, -0.25) is 4.79 Å². The summed E-state index contributed by atoms with van der Waals surface area (Å²) in [5, 5.41) is 3.66. The predicted octanol–water partition coefficient (Wildman–Crippen LogP) is 4.99. The molecule has 5 nitrogen and oxygen atoms in total. The monoisotopic (exact) mass is 413 g/mol. The molecular formula is C22H21ClFN3O2. The van der Waals surface area contributed by atoms with Gasteiger partial charge in [0, 0.05) is 24.5 Å². The number of aromatic nitrogens is 2. The predicted molar refractivity (Wildman–Crippen MR) is 110 cm³/mol. The standard InChI is InChI=1S/C22H21ClFN3O2/c23-16-3-10-21(26-13-16)29-19-8-6-18(7-9-19)27-22(28)20-11-15(12-25-20)14-1-4-17(24)5-2-14/h1-5,10-13,18-19,25H,6-9H2,(H,27,28). The van der Waals surface area contributed by atoms with Gasteiger partial charge in [-0.15, -0.1) is 0 Å². The molecule has 3 aromatic rings. The maximum atomic E-state index is 13.1. The third-order valence-electron chi connectivity index (χ3n) is 5.10. The van der Waals surface area contributed by atoms with E-state index >= 15 is 0 Å². The van der Waals surface area contributed by atoms with Crippen LogP contribution in [0.1, 0.15) is 36.2 Å². The molecule has 0 aliphatic heterocycles. The fourth-order valence-corrected chi connectivity index (χ4v) is 3.64. The lowest BCUT2D eigenvalue weighted by Crippen LogP contribution is -2.39. The van der Waals surface area contributed by atoms with Crippen LogP contribution >= 0.6 is 11.6 Å². The van der Waals surface area contributed by atoms with E-state index < -0.39 is 0 Å². The van der Waals surface area contributed by atoms with Crippen LogP contribution in [0, 0.1) is 5.82 Å². The van der Waals surface area contributed by atoms with Crippen LogP contribution in [0.3, 0.4) is 0 Å². The molecule has 1 amide bonds. The van der Waals surface area contributed by atoms with Crippen molar-refractivity contribution in [1.82, 2.24) is 15.3 Å². The molecule has 0 radical (unpaired) electrons. The lowest BCUT2D eigenvalue weighted by Gasteiger charge is -2.29. The molecule has 0 spiro atoms. The Morgan fingerprint density at radius 2 is 1.86 bits per heavy atom. The number of nitrogens with zero attached hydrogens (tertiary/aromatic N) is 1. The Bertz CT molecular complexity index is 964. The van der Waals surface area contributed by atoms with Gasteiger partial charge in [-0.05, 0) is 61.1 Å². The van der Waals surface area contributed by atoms with Gasteiger partial charge in [-0.25, -0.2) is 9.37 Å². The molecule has 0 saturated heterocycles. The second-order valence-electron chi connectivity index (χ2n) is 7.19. The number of hydrogen-bond acceptors (Lipinski definition) is 3. The lowest BCUT2D eigenvalue weighted by atomic mass is 9.93. The van der Waals surface area contributed by atoms with Gasteiger partial charge in [0.2, 0.25) is 5.88 Å². The highest BCUT2D eigenvalue weighted by atomic mass is 35.5. The maximum absolute atomic E-state index is 13.1. The van der Waals surface area contributed by atoms with E-state index in [0.717, 1.165) is 36.8 Å². The van der Waals surface area contributed by atoms with Crippen molar-refractivity contribution in [3.63, 3.8) is 0 Å². The molecule has 1 aliphatic rings. The molecule has 2 heterocycles. The van der Waals surface area contributed by atoms with Crippen LogP contribution in [0.25, 0.3) is 11.1 Å². The summed E-state index contributed by atoms with van der Waals surface area (Å²) in [6, 6.07) is 11.6. The van der Waals surface area contributed by atoms with Crippen molar-refractivity contribution in [3.05, 3.63) is 71.4 Å². The summed E-state index contributed by atoms with van der Waals surface area (Å²) in [4.78, 5) is 19.7. The molecule has 2 N–H and O–H groups in total. The van der Waals surface area contributed by atoms with Gasteiger partial charge in [0.15, 0.2) is 0 Å². The van der Waals surface area contributed by atoms with Gasteiger partial charge in [0.1, 0.15) is 17.6 Å². The Morgan fingerprint density at radius 3 is 2.55 bits per heavy atom. The summed E-state index contributed by atoms with van der Waals surface area (Å²) in [6.07, 6.45) is 6.80. The van der Waals surface area contributed by atoms with Crippen molar-refractivity contribution < 1.29 is 13.9 Å². The molecule has 1 fully saturated rings. The largest absolute Gasteiger partial charge is 0.474 e. The van der Waals surface area contributed by atoms with Crippen molar-refractivity contribution in [2.24, 2.45) is 0 Å². The van der Waals surface area contributed by atoms with Crippen LogP contribution in [-0.4, -0.2) is 28.0 Å². The summed E-state index contributed by atoms with van der Waals surface area (Å²) >= 11 is 5.84. The third-order valence-corrected chi connectivity index (χ3v) is 5.33. The summed E-state index contributed by atoms with van der Waals surface area (Å²) < 4.78 is 19.0. The van der Waals surface area contributed by atoms with E-state index in [0.29, 0.717) is 16.6 Å². The first-order chi connectivity index (χ1) is 14.1. The maximum Gasteiger partial charge on any atom is 0.267 e. The van der Waals surface area contributed by atoms with Gasteiger partial charge in [-0.2, -0.15) is 0 Å². The fourth-order valence-electron chi connectivity index (χ4n) is 3.53. The smallest absolute Gasteiger partial charge is 0.267 e. The van der Waals surface area contributed by atoms with Crippen molar-refractivity contribution in [2.45, 2.75) is 37.8 Å². The number of hydrogen-bond donors (Lipinski definition) is 2. The Kier molecular flexibility index (Phi) is 5.81. The van der Waals surface area contributed by atoms with E-state index in [2.05, 4.69) is 15.3 Å². The van der Waals surface area contributed by atoms with Gasteiger partial charge in [-0.1, -0.05) is 23.7 Å². The first kappa shape index (κ1) is 19.5. The fraction of sp³-hybridized carbons (Fsp3) is 0.273. The van der Waals surface area contributed by atoms with Crippen LogP contribution in [0.15, 0.2) is 54.9 Å². The first-order valence-corrected chi connectivity index (χ1v) is 9.98. The van der Waals surface area contributed by atoms with Crippen LogP contribution in [-0.2, 0) is 0 Å². The molecule has 0 bridgehead atoms. The van der Waals surface area contributed by atoms with Gasteiger partial charge >= 0.3 is 0 Å². The average Bonchev–Trinajstić information content (AvgIpc) is 3.22. The van der Waals surface area contributed by atoms with Crippen molar-refractivity contribution >= 4 is 17.5 Å². The number of pyridine rings is 1. The topological polar surface area (TPSA) is 67.0 Å². The van der Waals surface area contributed by atoms with Crippen LogP contribution in [0.5, 0.6) is 5.88 Å². The quantitative estimate of drug-likeness (QED) is 0.619. The Balaban J connectivity index is 1.28. The van der Waals surface area contributed by atoms with E-state index in [-0.39, 0.29) is 23.9 Å². The molecule has 2 aromatic heterocycles. The summed E-state index contributed by atoms with van der Waals surface area (Å²) in [6.45, 7) is 0. The number of carbonyl (C=O) groups is 1. The van der Waals surface area contributed by atoms with Gasteiger partial charge in [0.05, 0.1) is 5.02 Å². The molecule has 29 heavy (non-hydrogen) atoms. The number of benzene rings is 1. The van der Waals surface area contributed by atoms with Crippen molar-refractivity contribution in [1.29, 1.82) is 0 Å². The summed E-state index contributed by atoms with van der Waals surface area (Å²) in [5.41, 5.74) is 2.20. The molecule has 1 aromatic carbocycles. The number of aromatic amines is 1. The zero-order valence-corrected chi connectivity index (χ0v) is 16.5. The number of amides is 1. The minimum atomic E-state index is -0.284. The van der Waals surface area contributed by atoms with Crippen LogP contribution in [0.2, 0.25) is 5.02 Å². The molecule has 7 heteroatoms. The van der Waals surface area contributed by atoms with E-state index in [9.17, 15) is 9.18 Å². The zero-order valence-electron chi connectivity index (χ0n) is 15.7. The molecule has 1 saturated carbocycles. The number of halogens is 2. The minimum Gasteiger partial charge on any atom is -0.474 e. The normalized spacial score (nSPS) is 19.0. The summed E-state index contributed by atoms with van der Waals surface area (Å²) in [7, 11) is 0. The molecular weight excluding hydrogens is 393 g/mol. The van der Waals surface area contributed by atoms with Crippen molar-refractivity contribution in [3.8, 4) is 17.0 Å². The van der Waals surface area contributed by atoms with Crippen molar-refractivity contribution in [2.75, 3.05) is 0 Å². The van der Waals surface area contributed by atoms with Gasteiger partial charge in [0.25, 0.3) is 5.91 Å².